The molecule has 2 N–H and O–H groups in total. The third-order valence-corrected chi connectivity index (χ3v) is 4.73. The Balaban J connectivity index is 1.50. The Morgan fingerprint density at radius 2 is 1.92 bits per heavy atom. The molecule has 1 amide bonds. The van der Waals surface area contributed by atoms with Crippen molar-refractivity contribution in [1.82, 2.24) is 25.1 Å². The standard InChI is InChI=1S/C18H27N7O/c1-12-11-15(25(4)23-12)17(26)20-13-5-7-14(8-6-13)21-18-19-10-9-16(22-18)24(2)3/h9-11,13-14H,5-8H2,1-4H3,(H,20,26)(H,19,21,22)/t13-,14+. The van der Waals surface area contributed by atoms with Gasteiger partial charge in [-0.05, 0) is 44.7 Å². The third-order valence-electron chi connectivity index (χ3n) is 4.73. The first-order valence-corrected chi connectivity index (χ1v) is 9.01. The summed E-state index contributed by atoms with van der Waals surface area (Å²) in [4.78, 5) is 23.2. The maximum atomic E-state index is 12.4. The number of rotatable bonds is 5. The Labute approximate surface area is 154 Å². The van der Waals surface area contributed by atoms with E-state index in [-0.39, 0.29) is 11.9 Å². The maximum Gasteiger partial charge on any atom is 0.269 e. The molecule has 26 heavy (non-hydrogen) atoms. The number of amides is 1. The van der Waals surface area contributed by atoms with Crippen LogP contribution in [0.2, 0.25) is 0 Å². The second-order valence-electron chi connectivity index (χ2n) is 7.09. The van der Waals surface area contributed by atoms with Gasteiger partial charge in [0.1, 0.15) is 11.5 Å². The minimum Gasteiger partial charge on any atom is -0.363 e. The summed E-state index contributed by atoms with van der Waals surface area (Å²) < 4.78 is 1.63. The fraction of sp³-hybridized carbons (Fsp3) is 0.556. The van der Waals surface area contributed by atoms with Gasteiger partial charge in [0.15, 0.2) is 0 Å². The molecule has 3 rings (SSSR count). The van der Waals surface area contributed by atoms with Crippen LogP contribution in [0.25, 0.3) is 0 Å². The lowest BCUT2D eigenvalue weighted by Gasteiger charge is -2.29. The Morgan fingerprint density at radius 3 is 2.54 bits per heavy atom. The van der Waals surface area contributed by atoms with Gasteiger partial charge in [0.05, 0.1) is 5.69 Å². The van der Waals surface area contributed by atoms with Crippen LogP contribution in [-0.4, -0.2) is 51.8 Å². The number of carbonyl (C=O) groups is 1. The second kappa shape index (κ2) is 7.72. The number of aromatic nitrogens is 4. The maximum absolute atomic E-state index is 12.4. The normalized spacial score (nSPS) is 19.8. The molecule has 8 nitrogen and oxygen atoms in total. The first kappa shape index (κ1) is 18.2. The SMILES string of the molecule is Cc1cc(C(=O)N[C@H]2CC[C@@H](Nc3nccc(N(C)C)n3)CC2)n(C)n1. The molecule has 2 heterocycles. The van der Waals surface area contributed by atoms with Gasteiger partial charge in [-0.2, -0.15) is 10.1 Å². The van der Waals surface area contributed by atoms with Gasteiger partial charge in [0, 0.05) is 39.4 Å². The molecule has 0 spiro atoms. The van der Waals surface area contributed by atoms with E-state index < -0.39 is 0 Å². The second-order valence-corrected chi connectivity index (χ2v) is 7.09. The fourth-order valence-electron chi connectivity index (χ4n) is 3.31. The van der Waals surface area contributed by atoms with Crippen LogP contribution in [0.3, 0.4) is 0 Å². The number of carbonyl (C=O) groups excluding carboxylic acids is 1. The van der Waals surface area contributed by atoms with E-state index in [0.717, 1.165) is 37.2 Å². The molecule has 1 fully saturated rings. The van der Waals surface area contributed by atoms with Gasteiger partial charge in [0.25, 0.3) is 5.91 Å². The van der Waals surface area contributed by atoms with Crippen molar-refractivity contribution in [3.63, 3.8) is 0 Å². The highest BCUT2D eigenvalue weighted by molar-refractivity contribution is 5.92. The molecule has 2 aromatic heterocycles. The molecule has 0 aromatic carbocycles. The zero-order chi connectivity index (χ0) is 18.7. The van der Waals surface area contributed by atoms with Gasteiger partial charge < -0.3 is 15.5 Å². The summed E-state index contributed by atoms with van der Waals surface area (Å²) in [5, 5.41) is 10.8. The lowest BCUT2D eigenvalue weighted by molar-refractivity contribution is 0.0917. The van der Waals surface area contributed by atoms with E-state index in [2.05, 4.69) is 25.7 Å². The largest absolute Gasteiger partial charge is 0.363 e. The van der Waals surface area contributed by atoms with Crippen molar-refractivity contribution in [3.8, 4) is 0 Å². The molecule has 0 aliphatic heterocycles. The lowest BCUT2D eigenvalue weighted by atomic mass is 9.91. The number of hydrogen-bond acceptors (Lipinski definition) is 6. The molecule has 0 radical (unpaired) electrons. The number of hydrogen-bond donors (Lipinski definition) is 2. The average Bonchev–Trinajstić information content (AvgIpc) is 2.95. The summed E-state index contributed by atoms with van der Waals surface area (Å²) in [5.74, 6) is 1.50. The predicted molar refractivity (Wildman–Crippen MR) is 101 cm³/mol. The van der Waals surface area contributed by atoms with Crippen LogP contribution in [-0.2, 0) is 7.05 Å². The van der Waals surface area contributed by atoms with Gasteiger partial charge in [0.2, 0.25) is 5.95 Å². The van der Waals surface area contributed by atoms with E-state index in [1.807, 2.05) is 38.1 Å². The van der Waals surface area contributed by atoms with Gasteiger partial charge in [-0.1, -0.05) is 0 Å². The minimum atomic E-state index is -0.0495. The van der Waals surface area contributed by atoms with Crippen LogP contribution in [0.15, 0.2) is 18.3 Å². The van der Waals surface area contributed by atoms with E-state index in [9.17, 15) is 4.79 Å². The first-order valence-electron chi connectivity index (χ1n) is 9.01. The molecule has 1 aliphatic carbocycles. The average molecular weight is 357 g/mol. The van der Waals surface area contributed by atoms with Crippen LogP contribution in [0.4, 0.5) is 11.8 Å². The molecule has 8 heteroatoms. The van der Waals surface area contributed by atoms with Crippen molar-refractivity contribution in [2.75, 3.05) is 24.3 Å². The molecule has 0 atom stereocenters. The third kappa shape index (κ3) is 4.30. The van der Waals surface area contributed by atoms with Crippen molar-refractivity contribution in [2.45, 2.75) is 44.7 Å². The Kier molecular flexibility index (Phi) is 5.39. The smallest absolute Gasteiger partial charge is 0.269 e. The van der Waals surface area contributed by atoms with Crippen LogP contribution in [0.5, 0.6) is 0 Å². The van der Waals surface area contributed by atoms with E-state index in [1.165, 1.54) is 0 Å². The number of anilines is 2. The van der Waals surface area contributed by atoms with Crippen molar-refractivity contribution in [1.29, 1.82) is 0 Å². The summed E-state index contributed by atoms with van der Waals surface area (Å²) in [7, 11) is 5.72. The topological polar surface area (TPSA) is 88.0 Å². The number of aryl methyl sites for hydroxylation is 2. The fourth-order valence-corrected chi connectivity index (χ4v) is 3.31. The quantitative estimate of drug-likeness (QED) is 0.847. The van der Waals surface area contributed by atoms with Crippen molar-refractivity contribution < 1.29 is 4.79 Å². The summed E-state index contributed by atoms with van der Waals surface area (Å²) in [6.45, 7) is 1.89. The van der Waals surface area contributed by atoms with E-state index in [4.69, 9.17) is 0 Å². The van der Waals surface area contributed by atoms with E-state index in [0.29, 0.717) is 17.7 Å². The highest BCUT2D eigenvalue weighted by Gasteiger charge is 2.24. The summed E-state index contributed by atoms with van der Waals surface area (Å²) in [6, 6.07) is 4.24. The highest BCUT2D eigenvalue weighted by atomic mass is 16.2. The first-order chi connectivity index (χ1) is 12.4. The van der Waals surface area contributed by atoms with Crippen molar-refractivity contribution >= 4 is 17.7 Å². The lowest BCUT2D eigenvalue weighted by Crippen LogP contribution is -2.40. The zero-order valence-electron chi connectivity index (χ0n) is 15.9. The van der Waals surface area contributed by atoms with Gasteiger partial charge >= 0.3 is 0 Å². The van der Waals surface area contributed by atoms with Gasteiger partial charge in [-0.3, -0.25) is 9.48 Å². The summed E-state index contributed by atoms with van der Waals surface area (Å²) in [6.07, 6.45) is 5.60. The Bertz CT molecular complexity index is 763. The number of nitrogens with zero attached hydrogens (tertiary/aromatic N) is 5. The monoisotopic (exact) mass is 357 g/mol. The summed E-state index contributed by atoms with van der Waals surface area (Å²) in [5.41, 5.74) is 1.46. The van der Waals surface area contributed by atoms with Crippen LogP contribution >= 0.6 is 0 Å². The molecule has 0 bridgehead atoms. The molecular formula is C18H27N7O. The molecule has 0 unspecified atom stereocenters. The van der Waals surface area contributed by atoms with E-state index in [1.54, 1.807) is 17.9 Å². The molecular weight excluding hydrogens is 330 g/mol. The van der Waals surface area contributed by atoms with Gasteiger partial charge in [-0.15, -0.1) is 0 Å². The predicted octanol–water partition coefficient (Wildman–Crippen LogP) is 1.74. The number of nitrogens with one attached hydrogen (secondary N) is 2. The van der Waals surface area contributed by atoms with Crippen LogP contribution in [0, 0.1) is 6.92 Å². The minimum absolute atomic E-state index is 0.0495. The molecule has 1 saturated carbocycles. The van der Waals surface area contributed by atoms with E-state index >= 15 is 0 Å². The molecule has 1 aliphatic rings. The molecule has 2 aromatic rings. The Morgan fingerprint density at radius 1 is 1.23 bits per heavy atom. The van der Waals surface area contributed by atoms with Crippen LogP contribution < -0.4 is 15.5 Å². The highest BCUT2D eigenvalue weighted by Crippen LogP contribution is 2.22. The van der Waals surface area contributed by atoms with Gasteiger partial charge in [-0.25, -0.2) is 4.98 Å². The summed E-state index contributed by atoms with van der Waals surface area (Å²) >= 11 is 0. The van der Waals surface area contributed by atoms with Crippen LogP contribution in [0.1, 0.15) is 41.9 Å². The zero-order valence-corrected chi connectivity index (χ0v) is 15.9. The molecule has 140 valence electrons. The molecule has 0 saturated heterocycles. The van der Waals surface area contributed by atoms with Crippen molar-refractivity contribution in [3.05, 3.63) is 29.7 Å². The van der Waals surface area contributed by atoms with Crippen molar-refractivity contribution in [2.24, 2.45) is 7.05 Å². The Hall–Kier alpha value is -2.64.